The van der Waals surface area contributed by atoms with Crippen molar-refractivity contribution in [3.8, 4) is 11.3 Å². The maximum absolute atomic E-state index is 5.60. The van der Waals surface area contributed by atoms with Crippen LogP contribution in [0.5, 0.6) is 0 Å². The third-order valence-electron chi connectivity index (χ3n) is 4.54. The number of aromatic nitrogens is 2. The summed E-state index contributed by atoms with van der Waals surface area (Å²) in [7, 11) is 0. The van der Waals surface area contributed by atoms with Crippen LogP contribution in [0.2, 0.25) is 0 Å². The molecule has 21 heavy (non-hydrogen) atoms. The lowest BCUT2D eigenvalue weighted by molar-refractivity contribution is 0.0485. The van der Waals surface area contributed by atoms with Gasteiger partial charge in [-0.25, -0.2) is 4.98 Å². The van der Waals surface area contributed by atoms with Crippen molar-refractivity contribution < 1.29 is 4.74 Å². The van der Waals surface area contributed by atoms with Gasteiger partial charge >= 0.3 is 0 Å². The molecule has 0 bridgehead atoms. The summed E-state index contributed by atoms with van der Waals surface area (Å²) in [6, 6.07) is 6.57. The molecule has 1 aromatic carbocycles. The Morgan fingerprint density at radius 2 is 2.38 bits per heavy atom. The monoisotopic (exact) mass is 283 g/mol. The second-order valence-corrected chi connectivity index (χ2v) is 6.03. The first-order valence-electron chi connectivity index (χ1n) is 7.86. The van der Waals surface area contributed by atoms with E-state index in [4.69, 9.17) is 4.74 Å². The fourth-order valence-corrected chi connectivity index (χ4v) is 3.47. The quantitative estimate of drug-likeness (QED) is 0.941. The summed E-state index contributed by atoms with van der Waals surface area (Å²) in [5, 5.41) is 3.52. The third-order valence-corrected chi connectivity index (χ3v) is 4.54. The number of para-hydroxylation sites is 1. The zero-order chi connectivity index (χ0) is 14.1. The lowest BCUT2D eigenvalue weighted by Gasteiger charge is -2.23. The molecule has 0 aliphatic carbocycles. The number of anilines is 1. The zero-order valence-corrected chi connectivity index (χ0v) is 12.2. The maximum Gasteiger partial charge on any atom is 0.0951 e. The SMILES string of the molecule is c1cc2c(c(-c3cncn3CC3CCCOC3)c1)NCC2. The van der Waals surface area contributed by atoms with Gasteiger partial charge in [0.2, 0.25) is 0 Å². The number of hydrogen-bond acceptors (Lipinski definition) is 3. The van der Waals surface area contributed by atoms with Crippen molar-refractivity contribution >= 4 is 5.69 Å². The molecule has 4 rings (SSSR count). The van der Waals surface area contributed by atoms with Crippen molar-refractivity contribution in [1.82, 2.24) is 9.55 Å². The third kappa shape index (κ3) is 2.44. The average Bonchev–Trinajstić information content (AvgIpc) is 3.16. The fraction of sp³-hybridized carbons (Fsp3) is 0.471. The van der Waals surface area contributed by atoms with E-state index in [1.165, 1.54) is 35.3 Å². The highest BCUT2D eigenvalue weighted by Gasteiger charge is 2.19. The highest BCUT2D eigenvalue weighted by Crippen LogP contribution is 2.34. The van der Waals surface area contributed by atoms with Crippen LogP contribution < -0.4 is 5.32 Å². The molecule has 4 nitrogen and oxygen atoms in total. The summed E-state index contributed by atoms with van der Waals surface area (Å²) < 4.78 is 7.89. The van der Waals surface area contributed by atoms with Crippen molar-refractivity contribution in [1.29, 1.82) is 0 Å². The summed E-state index contributed by atoms with van der Waals surface area (Å²) in [4.78, 5) is 4.38. The molecule has 4 heteroatoms. The molecular weight excluding hydrogens is 262 g/mol. The topological polar surface area (TPSA) is 39.1 Å². The largest absolute Gasteiger partial charge is 0.384 e. The molecule has 1 N–H and O–H groups in total. The van der Waals surface area contributed by atoms with Gasteiger partial charge in [-0.2, -0.15) is 0 Å². The van der Waals surface area contributed by atoms with Gasteiger partial charge in [0.15, 0.2) is 0 Å². The number of benzene rings is 1. The molecule has 2 aliphatic rings. The Morgan fingerprint density at radius 3 is 3.29 bits per heavy atom. The van der Waals surface area contributed by atoms with Crippen LogP contribution in [0.25, 0.3) is 11.3 Å². The van der Waals surface area contributed by atoms with Crippen LogP contribution in [-0.2, 0) is 17.7 Å². The van der Waals surface area contributed by atoms with E-state index in [0.29, 0.717) is 5.92 Å². The molecule has 3 heterocycles. The summed E-state index contributed by atoms with van der Waals surface area (Å²) >= 11 is 0. The lowest BCUT2D eigenvalue weighted by atomic mass is 10.0. The van der Waals surface area contributed by atoms with Crippen LogP contribution in [0.1, 0.15) is 18.4 Å². The van der Waals surface area contributed by atoms with Crippen molar-refractivity contribution in [2.45, 2.75) is 25.8 Å². The Hall–Kier alpha value is -1.81. The minimum absolute atomic E-state index is 0.608. The number of nitrogens with zero attached hydrogens (tertiary/aromatic N) is 2. The van der Waals surface area contributed by atoms with E-state index in [9.17, 15) is 0 Å². The molecule has 0 radical (unpaired) electrons. The summed E-state index contributed by atoms with van der Waals surface area (Å²) in [6.07, 6.45) is 7.49. The molecule has 1 aromatic heterocycles. The molecule has 2 aliphatic heterocycles. The van der Waals surface area contributed by atoms with E-state index < -0.39 is 0 Å². The van der Waals surface area contributed by atoms with Crippen LogP contribution in [-0.4, -0.2) is 29.3 Å². The van der Waals surface area contributed by atoms with Gasteiger partial charge in [-0.1, -0.05) is 18.2 Å². The zero-order valence-electron chi connectivity index (χ0n) is 12.2. The van der Waals surface area contributed by atoms with Crippen LogP contribution in [0.4, 0.5) is 5.69 Å². The standard InChI is InChI=1S/C17H21N3O/c1-4-14-6-7-19-17(14)15(5-1)16-9-18-12-20(16)10-13-3-2-8-21-11-13/h1,4-5,9,12-13,19H,2-3,6-8,10-11H2. The first-order valence-corrected chi connectivity index (χ1v) is 7.86. The maximum atomic E-state index is 5.60. The summed E-state index contributed by atoms with van der Waals surface area (Å²) in [5.74, 6) is 0.608. The van der Waals surface area contributed by atoms with Gasteiger partial charge < -0.3 is 14.6 Å². The predicted molar refractivity (Wildman–Crippen MR) is 83.4 cm³/mol. The molecule has 0 spiro atoms. The smallest absolute Gasteiger partial charge is 0.0951 e. The Morgan fingerprint density at radius 1 is 1.38 bits per heavy atom. The van der Waals surface area contributed by atoms with E-state index in [1.807, 2.05) is 12.5 Å². The van der Waals surface area contributed by atoms with Crippen molar-refractivity contribution in [2.24, 2.45) is 5.92 Å². The van der Waals surface area contributed by atoms with E-state index in [0.717, 1.165) is 32.7 Å². The van der Waals surface area contributed by atoms with Crippen LogP contribution in [0, 0.1) is 5.92 Å². The van der Waals surface area contributed by atoms with Crippen LogP contribution >= 0.6 is 0 Å². The number of rotatable bonds is 3. The number of fused-ring (bicyclic) bond motifs is 1. The van der Waals surface area contributed by atoms with E-state index in [1.54, 1.807) is 0 Å². The number of hydrogen-bond donors (Lipinski definition) is 1. The Labute approximate surface area is 125 Å². The van der Waals surface area contributed by atoms with Crippen molar-refractivity contribution in [3.05, 3.63) is 36.3 Å². The first-order chi connectivity index (χ1) is 10.4. The molecule has 1 unspecified atom stereocenters. The number of nitrogens with one attached hydrogen (secondary N) is 1. The Balaban J connectivity index is 1.64. The molecule has 0 amide bonds. The highest BCUT2D eigenvalue weighted by molar-refractivity contribution is 5.79. The van der Waals surface area contributed by atoms with Gasteiger partial charge in [0, 0.05) is 36.9 Å². The Kier molecular flexibility index (Phi) is 3.39. The minimum Gasteiger partial charge on any atom is -0.384 e. The number of ether oxygens (including phenoxy) is 1. The minimum atomic E-state index is 0.608. The van der Waals surface area contributed by atoms with Crippen LogP contribution in [0.15, 0.2) is 30.7 Å². The van der Waals surface area contributed by atoms with Crippen LogP contribution in [0.3, 0.4) is 0 Å². The van der Waals surface area contributed by atoms with E-state index in [-0.39, 0.29) is 0 Å². The molecule has 0 saturated carbocycles. The molecule has 1 atom stereocenters. The second kappa shape index (κ2) is 5.53. The summed E-state index contributed by atoms with van der Waals surface area (Å²) in [5.41, 5.74) is 5.20. The molecule has 1 saturated heterocycles. The number of imidazole rings is 1. The van der Waals surface area contributed by atoms with Crippen molar-refractivity contribution in [2.75, 3.05) is 25.1 Å². The van der Waals surface area contributed by atoms with Gasteiger partial charge in [0.25, 0.3) is 0 Å². The molecule has 2 aromatic rings. The molecule has 110 valence electrons. The average molecular weight is 283 g/mol. The predicted octanol–water partition coefficient (Wildman–Crippen LogP) is 2.94. The first kappa shape index (κ1) is 12.9. The van der Waals surface area contributed by atoms with Gasteiger partial charge in [0.05, 0.1) is 24.8 Å². The van der Waals surface area contributed by atoms with Gasteiger partial charge in [-0.15, -0.1) is 0 Å². The van der Waals surface area contributed by atoms with Crippen molar-refractivity contribution in [3.63, 3.8) is 0 Å². The van der Waals surface area contributed by atoms with E-state index >= 15 is 0 Å². The molecular formula is C17H21N3O. The second-order valence-electron chi connectivity index (χ2n) is 6.03. The van der Waals surface area contributed by atoms with Gasteiger partial charge in [-0.05, 0) is 24.8 Å². The Bertz CT molecular complexity index is 629. The normalized spacial score (nSPS) is 21.0. The van der Waals surface area contributed by atoms with Gasteiger partial charge in [0.1, 0.15) is 0 Å². The highest BCUT2D eigenvalue weighted by atomic mass is 16.5. The summed E-state index contributed by atoms with van der Waals surface area (Å²) in [6.45, 7) is 3.84. The molecule has 1 fully saturated rings. The fourth-order valence-electron chi connectivity index (χ4n) is 3.47. The lowest BCUT2D eigenvalue weighted by Crippen LogP contribution is -2.22. The van der Waals surface area contributed by atoms with E-state index in [2.05, 4.69) is 33.1 Å². The van der Waals surface area contributed by atoms with Gasteiger partial charge in [-0.3, -0.25) is 0 Å².